The maximum absolute atomic E-state index is 13.8. The fourth-order valence-corrected chi connectivity index (χ4v) is 5.97. The van der Waals surface area contributed by atoms with E-state index >= 15 is 0 Å². The van der Waals surface area contributed by atoms with Crippen molar-refractivity contribution in [3.05, 3.63) is 65.7 Å². The van der Waals surface area contributed by atoms with Crippen molar-refractivity contribution >= 4 is 17.7 Å². The van der Waals surface area contributed by atoms with Crippen LogP contribution in [0.5, 0.6) is 5.75 Å². The minimum atomic E-state index is -0.764. The number of hydrogen-bond donors (Lipinski definition) is 3. The summed E-state index contributed by atoms with van der Waals surface area (Å²) in [6, 6.07) is 15.3. The summed E-state index contributed by atoms with van der Waals surface area (Å²) >= 11 is 0. The monoisotopic (exact) mass is 578 g/mol. The molecule has 0 unspecified atom stereocenters. The van der Waals surface area contributed by atoms with E-state index in [-0.39, 0.29) is 30.4 Å². The zero-order valence-corrected chi connectivity index (χ0v) is 24.7. The quantitative estimate of drug-likeness (QED) is 0.296. The van der Waals surface area contributed by atoms with Gasteiger partial charge in [0.05, 0.1) is 12.6 Å². The number of nitrogens with two attached hydrogens (primary N) is 1. The Morgan fingerprint density at radius 2 is 1.62 bits per heavy atom. The van der Waals surface area contributed by atoms with Gasteiger partial charge in [-0.3, -0.25) is 14.4 Å². The van der Waals surface area contributed by atoms with Gasteiger partial charge in [0.15, 0.2) is 0 Å². The minimum Gasteiger partial charge on any atom is -0.494 e. The highest BCUT2D eigenvalue weighted by Gasteiger charge is 2.43. The molecule has 4 atom stereocenters. The number of ether oxygens (including phenoxy) is 1. The van der Waals surface area contributed by atoms with Crippen LogP contribution in [0.4, 0.5) is 0 Å². The standard InChI is InChI=1S/C33H46N4O5/c1-2-3-21-42-27-15-13-25(14-16-27)23-28(34)32(40)37-19-8-12-30(37)33(41)36-18-7-11-29(36)31(39)35-26(17-20-38)22-24-9-5-4-6-10-24/h4-6,9-10,13-16,26,28-30,38H,2-3,7-8,11-12,17-23,34H2,1H3,(H,35,39)/t26-,28+,29+,30+/m1/s1. The van der Waals surface area contributed by atoms with E-state index in [4.69, 9.17) is 10.5 Å². The molecule has 0 spiro atoms. The van der Waals surface area contributed by atoms with Gasteiger partial charge in [-0.1, -0.05) is 55.8 Å². The first kappa shape index (κ1) is 31.5. The first-order chi connectivity index (χ1) is 20.4. The molecule has 2 aromatic rings. The maximum Gasteiger partial charge on any atom is 0.246 e. The van der Waals surface area contributed by atoms with Crippen molar-refractivity contribution in [1.82, 2.24) is 15.1 Å². The van der Waals surface area contributed by atoms with Crippen molar-refractivity contribution in [2.24, 2.45) is 5.73 Å². The van der Waals surface area contributed by atoms with E-state index in [0.717, 1.165) is 42.6 Å². The number of rotatable bonds is 14. The smallest absolute Gasteiger partial charge is 0.246 e. The molecule has 2 saturated heterocycles. The topological polar surface area (TPSA) is 125 Å². The lowest BCUT2D eigenvalue weighted by Crippen LogP contribution is -2.56. The third-order valence-electron chi connectivity index (χ3n) is 8.27. The van der Waals surface area contributed by atoms with Crippen molar-refractivity contribution in [3.8, 4) is 5.75 Å². The largest absolute Gasteiger partial charge is 0.494 e. The summed E-state index contributed by atoms with van der Waals surface area (Å²) in [4.78, 5) is 43.8. The number of carbonyl (C=O) groups is 3. The predicted octanol–water partition coefficient (Wildman–Crippen LogP) is 2.83. The zero-order valence-electron chi connectivity index (χ0n) is 24.7. The summed E-state index contributed by atoms with van der Waals surface area (Å²) in [6.45, 7) is 3.72. The summed E-state index contributed by atoms with van der Waals surface area (Å²) in [5.41, 5.74) is 8.38. The first-order valence-electron chi connectivity index (χ1n) is 15.4. The van der Waals surface area contributed by atoms with Crippen LogP contribution in [0.25, 0.3) is 0 Å². The number of benzene rings is 2. The second-order valence-electron chi connectivity index (χ2n) is 11.4. The van der Waals surface area contributed by atoms with Crippen molar-refractivity contribution < 1.29 is 24.2 Å². The molecule has 2 aromatic carbocycles. The highest BCUT2D eigenvalue weighted by atomic mass is 16.5. The van der Waals surface area contributed by atoms with Gasteiger partial charge in [0.2, 0.25) is 17.7 Å². The molecule has 9 heteroatoms. The predicted molar refractivity (Wildman–Crippen MR) is 162 cm³/mol. The number of likely N-dealkylation sites (tertiary alicyclic amines) is 2. The molecule has 0 aromatic heterocycles. The molecule has 42 heavy (non-hydrogen) atoms. The second-order valence-corrected chi connectivity index (χ2v) is 11.4. The van der Waals surface area contributed by atoms with Gasteiger partial charge in [-0.15, -0.1) is 0 Å². The summed E-state index contributed by atoms with van der Waals surface area (Å²) in [5.74, 6) is 0.176. The van der Waals surface area contributed by atoms with Crippen LogP contribution >= 0.6 is 0 Å². The lowest BCUT2D eigenvalue weighted by Gasteiger charge is -2.32. The van der Waals surface area contributed by atoms with E-state index < -0.39 is 18.1 Å². The number of hydrogen-bond acceptors (Lipinski definition) is 6. The van der Waals surface area contributed by atoms with Crippen LogP contribution in [0.15, 0.2) is 54.6 Å². The molecule has 228 valence electrons. The van der Waals surface area contributed by atoms with Gasteiger partial charge in [-0.05, 0) is 74.6 Å². The van der Waals surface area contributed by atoms with E-state index in [9.17, 15) is 19.5 Å². The van der Waals surface area contributed by atoms with Gasteiger partial charge in [0.1, 0.15) is 17.8 Å². The van der Waals surface area contributed by atoms with Crippen molar-refractivity contribution in [3.63, 3.8) is 0 Å². The van der Waals surface area contributed by atoms with Crippen LogP contribution in [-0.4, -0.2) is 83.1 Å². The summed E-state index contributed by atoms with van der Waals surface area (Å²) in [6.07, 6.45) is 6.06. The van der Waals surface area contributed by atoms with Gasteiger partial charge < -0.3 is 30.7 Å². The number of unbranched alkanes of at least 4 members (excludes halogenated alkanes) is 1. The molecule has 2 aliphatic rings. The third-order valence-corrected chi connectivity index (χ3v) is 8.27. The van der Waals surface area contributed by atoms with Gasteiger partial charge in [0.25, 0.3) is 0 Å². The fraction of sp³-hybridized carbons (Fsp3) is 0.545. The van der Waals surface area contributed by atoms with Gasteiger partial charge in [0, 0.05) is 25.7 Å². The second kappa shape index (κ2) is 15.7. The average molecular weight is 579 g/mol. The number of nitrogens with one attached hydrogen (secondary N) is 1. The van der Waals surface area contributed by atoms with Crippen molar-refractivity contribution in [2.75, 3.05) is 26.3 Å². The number of aliphatic hydroxyl groups is 1. The molecule has 9 nitrogen and oxygen atoms in total. The minimum absolute atomic E-state index is 0.0403. The highest BCUT2D eigenvalue weighted by Crippen LogP contribution is 2.26. The number of nitrogens with zero attached hydrogens (tertiary/aromatic N) is 2. The molecule has 0 bridgehead atoms. The van der Waals surface area contributed by atoms with Crippen LogP contribution in [0.3, 0.4) is 0 Å². The number of carbonyl (C=O) groups excluding carboxylic acids is 3. The molecule has 0 aliphatic carbocycles. The van der Waals surface area contributed by atoms with E-state index in [1.807, 2.05) is 54.6 Å². The molecule has 4 N–H and O–H groups in total. The molecule has 4 rings (SSSR count). The molecule has 3 amide bonds. The maximum atomic E-state index is 13.8. The van der Waals surface area contributed by atoms with Crippen molar-refractivity contribution in [1.29, 1.82) is 0 Å². The Labute approximate surface area is 249 Å². The Bertz CT molecular complexity index is 1160. The van der Waals surface area contributed by atoms with Crippen LogP contribution in [0.2, 0.25) is 0 Å². The average Bonchev–Trinajstić information content (AvgIpc) is 3.69. The fourth-order valence-electron chi connectivity index (χ4n) is 5.97. The molecule has 0 saturated carbocycles. The normalized spacial score (nSPS) is 19.9. The van der Waals surface area contributed by atoms with Crippen LogP contribution in [-0.2, 0) is 27.2 Å². The van der Waals surface area contributed by atoms with E-state index in [2.05, 4.69) is 12.2 Å². The summed E-state index contributed by atoms with van der Waals surface area (Å²) < 4.78 is 5.72. The van der Waals surface area contributed by atoms with Crippen LogP contribution < -0.4 is 15.8 Å². The lowest BCUT2D eigenvalue weighted by molar-refractivity contribution is -0.147. The first-order valence-corrected chi connectivity index (χ1v) is 15.4. The molecular weight excluding hydrogens is 532 g/mol. The number of amides is 3. The van der Waals surface area contributed by atoms with Crippen LogP contribution in [0, 0.1) is 0 Å². The Hall–Kier alpha value is -3.43. The third kappa shape index (κ3) is 8.32. The summed E-state index contributed by atoms with van der Waals surface area (Å²) in [7, 11) is 0. The molecule has 0 radical (unpaired) electrons. The highest BCUT2D eigenvalue weighted by molar-refractivity contribution is 5.94. The van der Waals surface area contributed by atoms with E-state index in [1.165, 1.54) is 0 Å². The molecule has 2 aliphatic heterocycles. The Balaban J connectivity index is 1.35. The van der Waals surface area contributed by atoms with E-state index in [0.29, 0.717) is 51.8 Å². The Morgan fingerprint density at radius 1 is 0.952 bits per heavy atom. The number of aliphatic hydroxyl groups excluding tert-OH is 1. The van der Waals surface area contributed by atoms with Crippen molar-refractivity contribution in [2.45, 2.75) is 88.9 Å². The summed E-state index contributed by atoms with van der Waals surface area (Å²) in [5, 5.41) is 12.7. The Kier molecular flexibility index (Phi) is 11.8. The lowest BCUT2D eigenvalue weighted by atomic mass is 10.0. The van der Waals surface area contributed by atoms with Gasteiger partial charge in [-0.2, -0.15) is 0 Å². The molecular formula is C33H46N4O5. The zero-order chi connectivity index (χ0) is 29.9. The Morgan fingerprint density at radius 3 is 2.31 bits per heavy atom. The van der Waals surface area contributed by atoms with Gasteiger partial charge >= 0.3 is 0 Å². The van der Waals surface area contributed by atoms with E-state index in [1.54, 1.807) is 9.80 Å². The molecule has 2 fully saturated rings. The van der Waals surface area contributed by atoms with Crippen LogP contribution in [0.1, 0.15) is 63.0 Å². The van der Waals surface area contributed by atoms with Gasteiger partial charge in [-0.25, -0.2) is 0 Å². The SMILES string of the molecule is CCCCOc1ccc(C[C@H](N)C(=O)N2CCC[C@H]2C(=O)N2CCC[C@H]2C(=O)N[C@H](CCO)Cc2ccccc2)cc1. The molecule has 2 heterocycles.